The number of aromatic nitrogens is 1. The molecular formula is C24H25N3O2S. The minimum atomic E-state index is -0.144. The molecule has 5 rings (SSSR count). The van der Waals surface area contributed by atoms with Crippen LogP contribution in [0.5, 0.6) is 0 Å². The van der Waals surface area contributed by atoms with E-state index in [1.54, 1.807) is 11.3 Å². The molecule has 0 bridgehead atoms. The van der Waals surface area contributed by atoms with Gasteiger partial charge in [-0.3, -0.25) is 9.59 Å². The first-order chi connectivity index (χ1) is 14.7. The highest BCUT2D eigenvalue weighted by atomic mass is 32.1. The van der Waals surface area contributed by atoms with Gasteiger partial charge in [-0.15, -0.1) is 11.3 Å². The maximum atomic E-state index is 13.2. The number of nitrogens with one attached hydrogen (secondary N) is 1. The van der Waals surface area contributed by atoms with E-state index in [1.165, 1.54) is 4.70 Å². The first kappa shape index (κ1) is 19.2. The summed E-state index contributed by atoms with van der Waals surface area (Å²) >= 11 is 1.69. The van der Waals surface area contributed by atoms with Gasteiger partial charge in [-0.05, 0) is 55.9 Å². The van der Waals surface area contributed by atoms with Gasteiger partial charge in [0, 0.05) is 24.6 Å². The van der Waals surface area contributed by atoms with Gasteiger partial charge in [0.05, 0.1) is 16.3 Å². The van der Waals surface area contributed by atoms with Gasteiger partial charge in [0.2, 0.25) is 11.8 Å². The average Bonchev–Trinajstić information content (AvgIpc) is 3.21. The van der Waals surface area contributed by atoms with Gasteiger partial charge < -0.3 is 10.2 Å². The first-order valence-corrected chi connectivity index (χ1v) is 11.5. The molecule has 0 saturated carbocycles. The Morgan fingerprint density at radius 1 is 1.13 bits per heavy atom. The summed E-state index contributed by atoms with van der Waals surface area (Å²) in [5.41, 5.74) is 3.06. The summed E-state index contributed by atoms with van der Waals surface area (Å²) in [4.78, 5) is 32.5. The van der Waals surface area contributed by atoms with E-state index in [1.807, 2.05) is 41.3 Å². The smallest absolute Gasteiger partial charge is 0.227 e. The van der Waals surface area contributed by atoms with Gasteiger partial charge in [0.15, 0.2) is 0 Å². The molecule has 2 aliphatic heterocycles. The lowest BCUT2D eigenvalue weighted by Crippen LogP contribution is -2.39. The quantitative estimate of drug-likeness (QED) is 0.651. The van der Waals surface area contributed by atoms with Crippen LogP contribution in [-0.4, -0.2) is 28.2 Å². The number of anilines is 1. The zero-order chi connectivity index (χ0) is 20.5. The Morgan fingerprint density at radius 2 is 1.97 bits per heavy atom. The van der Waals surface area contributed by atoms with Crippen LogP contribution >= 0.6 is 11.3 Å². The topological polar surface area (TPSA) is 62.3 Å². The molecule has 3 heterocycles. The minimum Gasteiger partial charge on any atom is -0.333 e. The number of carbonyl (C=O) groups is 2. The minimum absolute atomic E-state index is 0.0304. The highest BCUT2D eigenvalue weighted by molar-refractivity contribution is 7.18. The zero-order valence-corrected chi connectivity index (χ0v) is 17.7. The number of benzene rings is 2. The molecule has 2 atom stereocenters. The molecule has 0 spiro atoms. The van der Waals surface area contributed by atoms with Crippen molar-refractivity contribution in [3.8, 4) is 0 Å². The number of rotatable bonds is 4. The maximum absolute atomic E-state index is 13.2. The number of hydrogen-bond donors (Lipinski definition) is 1. The first-order valence-electron chi connectivity index (χ1n) is 10.7. The zero-order valence-electron chi connectivity index (χ0n) is 16.8. The largest absolute Gasteiger partial charge is 0.333 e. The number of carbonyl (C=O) groups excluding carboxylic acids is 2. The predicted octanol–water partition coefficient (Wildman–Crippen LogP) is 4.94. The van der Waals surface area contributed by atoms with Gasteiger partial charge in [-0.1, -0.05) is 30.3 Å². The summed E-state index contributed by atoms with van der Waals surface area (Å²) in [5, 5.41) is 4.03. The average molecular weight is 420 g/mol. The fourth-order valence-corrected chi connectivity index (χ4v) is 5.72. The summed E-state index contributed by atoms with van der Waals surface area (Å²) < 4.78 is 1.17. The molecule has 1 aromatic heterocycles. The monoisotopic (exact) mass is 419 g/mol. The van der Waals surface area contributed by atoms with Crippen molar-refractivity contribution in [1.82, 2.24) is 9.88 Å². The van der Waals surface area contributed by atoms with E-state index in [0.717, 1.165) is 47.6 Å². The number of nitrogens with zero attached hydrogens (tertiary/aromatic N) is 2. The molecule has 154 valence electrons. The Kier molecular flexibility index (Phi) is 5.25. The van der Waals surface area contributed by atoms with E-state index in [9.17, 15) is 9.59 Å². The van der Waals surface area contributed by atoms with Crippen molar-refractivity contribution in [3.05, 3.63) is 59.1 Å². The Bertz CT molecular complexity index is 1060. The maximum Gasteiger partial charge on any atom is 0.227 e. The van der Waals surface area contributed by atoms with E-state index in [0.29, 0.717) is 19.3 Å². The van der Waals surface area contributed by atoms with E-state index < -0.39 is 0 Å². The molecule has 0 radical (unpaired) electrons. The Hall–Kier alpha value is -2.73. The highest BCUT2D eigenvalue weighted by Gasteiger charge is 2.32. The van der Waals surface area contributed by atoms with E-state index >= 15 is 0 Å². The number of thiazole rings is 1. The van der Waals surface area contributed by atoms with Crippen molar-refractivity contribution in [2.45, 2.75) is 44.6 Å². The SMILES string of the molecule is O=C1Nc2ccccc2CC1CCC(=O)N1CCCCC1c1nc2ccccc2s1. The second-order valence-corrected chi connectivity index (χ2v) is 9.27. The number of amides is 2. The van der Waals surface area contributed by atoms with Gasteiger partial charge in [0.1, 0.15) is 5.01 Å². The second-order valence-electron chi connectivity index (χ2n) is 8.20. The molecule has 6 heteroatoms. The molecule has 3 aromatic rings. The van der Waals surface area contributed by atoms with Crippen molar-refractivity contribution in [2.24, 2.45) is 5.92 Å². The fourth-order valence-electron chi connectivity index (χ4n) is 4.61. The number of hydrogen-bond acceptors (Lipinski definition) is 4. The number of fused-ring (bicyclic) bond motifs is 2. The molecule has 1 N–H and O–H groups in total. The Morgan fingerprint density at radius 3 is 2.87 bits per heavy atom. The molecule has 5 nitrogen and oxygen atoms in total. The molecule has 2 unspecified atom stereocenters. The summed E-state index contributed by atoms with van der Waals surface area (Å²) in [6.07, 6.45) is 4.81. The third-order valence-electron chi connectivity index (χ3n) is 6.24. The molecule has 0 aliphatic carbocycles. The van der Waals surface area contributed by atoms with E-state index in [2.05, 4.69) is 17.4 Å². The lowest BCUT2D eigenvalue weighted by molar-refractivity contribution is -0.135. The van der Waals surface area contributed by atoms with Crippen LogP contribution in [0.2, 0.25) is 0 Å². The summed E-state index contributed by atoms with van der Waals surface area (Å²) in [5.74, 6) is 0.0306. The van der Waals surface area contributed by atoms with Crippen molar-refractivity contribution >= 4 is 39.1 Å². The highest BCUT2D eigenvalue weighted by Crippen LogP contribution is 2.36. The summed E-state index contributed by atoms with van der Waals surface area (Å²) in [6, 6.07) is 16.1. The Balaban J connectivity index is 1.28. The number of piperidine rings is 1. The van der Waals surface area contributed by atoms with E-state index in [-0.39, 0.29) is 23.8 Å². The third-order valence-corrected chi connectivity index (χ3v) is 7.38. The standard InChI is InChI=1S/C24H25N3O2S/c28-22(13-12-17-15-16-7-1-2-8-18(16)25-23(17)29)27-14-6-5-10-20(27)24-26-19-9-3-4-11-21(19)30-24/h1-4,7-9,11,17,20H,5-6,10,12-15H2,(H,25,29). The molecule has 2 aromatic carbocycles. The van der Waals surface area contributed by atoms with Crippen LogP contribution in [0.1, 0.15) is 48.7 Å². The molecular weight excluding hydrogens is 394 g/mol. The molecule has 2 amide bonds. The lowest BCUT2D eigenvalue weighted by atomic mass is 9.89. The van der Waals surface area contributed by atoms with Crippen LogP contribution in [-0.2, 0) is 16.0 Å². The number of likely N-dealkylation sites (tertiary alicyclic amines) is 1. The molecule has 1 fully saturated rings. The van der Waals surface area contributed by atoms with Gasteiger partial charge >= 0.3 is 0 Å². The normalized spacial score (nSPS) is 21.3. The van der Waals surface area contributed by atoms with Gasteiger partial charge in [-0.2, -0.15) is 0 Å². The van der Waals surface area contributed by atoms with Crippen molar-refractivity contribution in [1.29, 1.82) is 0 Å². The van der Waals surface area contributed by atoms with Crippen LogP contribution in [0.3, 0.4) is 0 Å². The fraction of sp³-hybridized carbons (Fsp3) is 0.375. The second kappa shape index (κ2) is 8.19. The van der Waals surface area contributed by atoms with Crippen LogP contribution in [0.4, 0.5) is 5.69 Å². The van der Waals surface area contributed by atoms with Gasteiger partial charge in [0.25, 0.3) is 0 Å². The van der Waals surface area contributed by atoms with E-state index in [4.69, 9.17) is 4.98 Å². The summed E-state index contributed by atoms with van der Waals surface area (Å²) in [6.45, 7) is 0.777. The van der Waals surface area contributed by atoms with Gasteiger partial charge in [-0.25, -0.2) is 4.98 Å². The molecule has 30 heavy (non-hydrogen) atoms. The molecule has 1 saturated heterocycles. The predicted molar refractivity (Wildman–Crippen MR) is 119 cm³/mol. The van der Waals surface area contributed by atoms with Crippen molar-refractivity contribution in [3.63, 3.8) is 0 Å². The Labute approximate surface area is 180 Å². The van der Waals surface area contributed by atoms with Crippen molar-refractivity contribution < 1.29 is 9.59 Å². The van der Waals surface area contributed by atoms with Crippen LogP contribution in [0, 0.1) is 5.92 Å². The van der Waals surface area contributed by atoms with Crippen LogP contribution in [0.15, 0.2) is 48.5 Å². The lowest BCUT2D eigenvalue weighted by Gasteiger charge is -2.35. The van der Waals surface area contributed by atoms with Crippen LogP contribution in [0.25, 0.3) is 10.2 Å². The number of para-hydroxylation sites is 2. The summed E-state index contributed by atoms with van der Waals surface area (Å²) in [7, 11) is 0. The van der Waals surface area contributed by atoms with Crippen LogP contribution < -0.4 is 5.32 Å². The van der Waals surface area contributed by atoms with Crippen molar-refractivity contribution in [2.75, 3.05) is 11.9 Å². The molecule has 2 aliphatic rings. The third kappa shape index (κ3) is 3.72.